The number of benzene rings is 2. The lowest BCUT2D eigenvalue weighted by molar-refractivity contribution is -0.141. The van der Waals surface area contributed by atoms with Crippen LogP contribution in [0.3, 0.4) is 0 Å². The van der Waals surface area contributed by atoms with Gasteiger partial charge in [0.25, 0.3) is 11.8 Å². The third-order valence-corrected chi connectivity index (χ3v) is 6.96. The number of imide groups is 1. The van der Waals surface area contributed by atoms with Crippen molar-refractivity contribution < 1.29 is 19.2 Å². The van der Waals surface area contributed by atoms with Crippen molar-refractivity contribution in [2.75, 3.05) is 13.1 Å². The van der Waals surface area contributed by atoms with E-state index in [1.165, 1.54) is 9.80 Å². The standard InChI is InChI=1S/C27H31Cl2N3O4/c1-3-5-15-30-25(34)23(4-2)32(17-20-21(28)12-8-13-22(20)29)24(33)14-9-16-31-26(35)18-10-6-7-11-19(18)27(31)36/h6-8,10-13,23H,3-5,9,14-17H2,1-2H3,(H,30,34)/t23-/m1/s1. The van der Waals surface area contributed by atoms with Crippen LogP contribution in [0, 0.1) is 0 Å². The van der Waals surface area contributed by atoms with Gasteiger partial charge >= 0.3 is 0 Å². The Bertz CT molecular complexity index is 1080. The maximum absolute atomic E-state index is 13.4. The zero-order valence-corrected chi connectivity index (χ0v) is 22.1. The van der Waals surface area contributed by atoms with Crippen molar-refractivity contribution >= 4 is 46.8 Å². The fourth-order valence-corrected chi connectivity index (χ4v) is 4.77. The quantitative estimate of drug-likeness (QED) is 0.305. The van der Waals surface area contributed by atoms with Crippen molar-refractivity contribution in [2.45, 2.75) is 58.5 Å². The highest BCUT2D eigenvalue weighted by Gasteiger charge is 2.35. The smallest absolute Gasteiger partial charge is 0.261 e. The number of halogens is 2. The van der Waals surface area contributed by atoms with E-state index in [4.69, 9.17) is 23.2 Å². The maximum Gasteiger partial charge on any atom is 0.261 e. The Hall–Kier alpha value is -2.90. The lowest BCUT2D eigenvalue weighted by Gasteiger charge is -2.31. The van der Waals surface area contributed by atoms with Gasteiger partial charge in [-0.15, -0.1) is 0 Å². The van der Waals surface area contributed by atoms with Crippen LogP contribution in [0.1, 0.15) is 72.2 Å². The minimum atomic E-state index is -0.707. The molecule has 0 aliphatic carbocycles. The fraction of sp³-hybridized carbons (Fsp3) is 0.407. The van der Waals surface area contributed by atoms with Gasteiger partial charge in [0.2, 0.25) is 11.8 Å². The van der Waals surface area contributed by atoms with E-state index in [1.54, 1.807) is 42.5 Å². The molecule has 0 saturated heterocycles. The van der Waals surface area contributed by atoms with Crippen LogP contribution >= 0.6 is 23.2 Å². The molecule has 1 aliphatic rings. The molecule has 2 aromatic rings. The van der Waals surface area contributed by atoms with E-state index in [0.717, 1.165) is 12.8 Å². The predicted molar refractivity (Wildman–Crippen MR) is 140 cm³/mol. The van der Waals surface area contributed by atoms with E-state index in [9.17, 15) is 19.2 Å². The van der Waals surface area contributed by atoms with E-state index in [2.05, 4.69) is 5.32 Å². The SMILES string of the molecule is CCCCNC(=O)[C@@H](CC)N(Cc1c(Cl)cccc1Cl)C(=O)CCCN1C(=O)c2ccccc2C1=O. The van der Waals surface area contributed by atoms with Gasteiger partial charge in [-0.3, -0.25) is 24.1 Å². The number of hydrogen-bond donors (Lipinski definition) is 1. The van der Waals surface area contributed by atoms with E-state index in [-0.39, 0.29) is 49.6 Å². The Balaban J connectivity index is 1.73. The number of nitrogens with zero attached hydrogens (tertiary/aromatic N) is 2. The summed E-state index contributed by atoms with van der Waals surface area (Å²) in [5.41, 5.74) is 1.31. The number of fused-ring (bicyclic) bond motifs is 1. The van der Waals surface area contributed by atoms with Crippen LogP contribution in [0.4, 0.5) is 0 Å². The van der Waals surface area contributed by atoms with Gasteiger partial charge in [0.05, 0.1) is 11.1 Å². The van der Waals surface area contributed by atoms with Gasteiger partial charge in [0, 0.05) is 41.7 Å². The molecule has 192 valence electrons. The first-order chi connectivity index (χ1) is 17.3. The second kappa shape index (κ2) is 12.9. The van der Waals surface area contributed by atoms with Crippen molar-refractivity contribution in [3.8, 4) is 0 Å². The largest absolute Gasteiger partial charge is 0.354 e. The molecule has 9 heteroatoms. The topological polar surface area (TPSA) is 86.8 Å². The molecule has 0 fully saturated rings. The van der Waals surface area contributed by atoms with Crippen LogP contribution in [-0.4, -0.2) is 52.6 Å². The number of hydrogen-bond acceptors (Lipinski definition) is 4. The van der Waals surface area contributed by atoms with Gasteiger partial charge in [-0.05, 0) is 43.5 Å². The van der Waals surface area contributed by atoms with Gasteiger partial charge in [-0.1, -0.05) is 61.7 Å². The molecule has 0 spiro atoms. The molecular formula is C27H31Cl2N3O4. The Kier molecular flexibility index (Phi) is 9.90. The molecule has 36 heavy (non-hydrogen) atoms. The van der Waals surface area contributed by atoms with Crippen LogP contribution < -0.4 is 5.32 Å². The van der Waals surface area contributed by atoms with Crippen LogP contribution in [0.15, 0.2) is 42.5 Å². The molecule has 3 rings (SSSR count). The second-order valence-electron chi connectivity index (χ2n) is 8.70. The average molecular weight is 532 g/mol. The summed E-state index contributed by atoms with van der Waals surface area (Å²) < 4.78 is 0. The van der Waals surface area contributed by atoms with Crippen molar-refractivity contribution in [2.24, 2.45) is 0 Å². The van der Waals surface area contributed by atoms with Crippen molar-refractivity contribution in [3.63, 3.8) is 0 Å². The second-order valence-corrected chi connectivity index (χ2v) is 9.52. The first-order valence-electron chi connectivity index (χ1n) is 12.2. The molecular weight excluding hydrogens is 501 g/mol. The van der Waals surface area contributed by atoms with Gasteiger partial charge in [-0.2, -0.15) is 0 Å². The average Bonchev–Trinajstić information content (AvgIpc) is 3.10. The molecule has 0 saturated carbocycles. The van der Waals surface area contributed by atoms with E-state index < -0.39 is 6.04 Å². The zero-order chi connectivity index (χ0) is 26.2. The fourth-order valence-electron chi connectivity index (χ4n) is 4.25. The third-order valence-electron chi connectivity index (χ3n) is 6.26. The molecule has 0 bridgehead atoms. The summed E-state index contributed by atoms with van der Waals surface area (Å²) in [5, 5.41) is 3.73. The molecule has 4 amide bonds. The van der Waals surface area contributed by atoms with E-state index in [1.807, 2.05) is 13.8 Å². The summed E-state index contributed by atoms with van der Waals surface area (Å²) in [5.74, 6) is -1.23. The van der Waals surface area contributed by atoms with Crippen molar-refractivity contribution in [3.05, 3.63) is 69.2 Å². The Labute approximate surface area is 221 Å². The molecule has 0 aromatic heterocycles. The monoisotopic (exact) mass is 531 g/mol. The van der Waals surface area contributed by atoms with Crippen LogP contribution in [0.5, 0.6) is 0 Å². The number of amides is 4. The van der Waals surface area contributed by atoms with Crippen LogP contribution in [0.2, 0.25) is 10.0 Å². The number of rotatable bonds is 12. The first-order valence-corrected chi connectivity index (χ1v) is 13.0. The molecule has 1 atom stereocenters. The van der Waals surface area contributed by atoms with Crippen LogP contribution in [-0.2, 0) is 16.1 Å². The van der Waals surface area contributed by atoms with Crippen molar-refractivity contribution in [1.29, 1.82) is 0 Å². The number of carbonyl (C=O) groups is 4. The van der Waals surface area contributed by atoms with Gasteiger partial charge in [0.15, 0.2) is 0 Å². The van der Waals surface area contributed by atoms with E-state index >= 15 is 0 Å². The van der Waals surface area contributed by atoms with Gasteiger partial charge in [-0.25, -0.2) is 0 Å². The minimum absolute atomic E-state index is 0.0498. The number of nitrogens with one attached hydrogen (secondary N) is 1. The Morgan fingerprint density at radius 1 is 0.944 bits per heavy atom. The minimum Gasteiger partial charge on any atom is -0.354 e. The van der Waals surface area contributed by atoms with Gasteiger partial charge < -0.3 is 10.2 Å². The molecule has 1 N–H and O–H groups in total. The molecule has 0 radical (unpaired) electrons. The summed E-state index contributed by atoms with van der Waals surface area (Å²) in [6, 6.07) is 11.1. The summed E-state index contributed by atoms with van der Waals surface area (Å²) in [7, 11) is 0. The predicted octanol–water partition coefficient (Wildman–Crippen LogP) is 5.09. The Morgan fingerprint density at radius 2 is 1.56 bits per heavy atom. The molecule has 0 unspecified atom stereocenters. The first kappa shape index (κ1) is 27.7. The lowest BCUT2D eigenvalue weighted by Crippen LogP contribution is -2.49. The van der Waals surface area contributed by atoms with Gasteiger partial charge in [0.1, 0.15) is 6.04 Å². The highest BCUT2D eigenvalue weighted by atomic mass is 35.5. The molecule has 1 heterocycles. The normalized spacial score (nSPS) is 13.5. The number of unbranched alkanes of at least 4 members (excludes halogenated alkanes) is 1. The van der Waals surface area contributed by atoms with Crippen molar-refractivity contribution in [1.82, 2.24) is 15.1 Å². The summed E-state index contributed by atoms with van der Waals surface area (Å²) in [6.07, 6.45) is 2.50. The lowest BCUT2D eigenvalue weighted by atomic mass is 10.1. The summed E-state index contributed by atoms with van der Waals surface area (Å²) >= 11 is 12.7. The molecule has 1 aliphatic heterocycles. The highest BCUT2D eigenvalue weighted by molar-refractivity contribution is 6.36. The zero-order valence-electron chi connectivity index (χ0n) is 20.6. The number of carbonyl (C=O) groups excluding carboxylic acids is 4. The Morgan fingerprint density at radius 3 is 2.11 bits per heavy atom. The summed E-state index contributed by atoms with van der Waals surface area (Å²) in [6.45, 7) is 4.59. The summed E-state index contributed by atoms with van der Waals surface area (Å²) in [4.78, 5) is 54.3. The maximum atomic E-state index is 13.4. The highest BCUT2D eigenvalue weighted by Crippen LogP contribution is 2.28. The molecule has 7 nitrogen and oxygen atoms in total. The van der Waals surface area contributed by atoms with E-state index in [0.29, 0.717) is 39.7 Å². The van der Waals surface area contributed by atoms with Crippen LogP contribution in [0.25, 0.3) is 0 Å². The molecule has 2 aromatic carbocycles. The third kappa shape index (κ3) is 6.26.